The van der Waals surface area contributed by atoms with E-state index in [1.807, 2.05) is 0 Å². The Bertz CT molecular complexity index is 330. The van der Waals surface area contributed by atoms with Gasteiger partial charge in [-0.15, -0.1) is 11.8 Å². The van der Waals surface area contributed by atoms with Crippen molar-refractivity contribution in [2.24, 2.45) is 5.92 Å². The summed E-state index contributed by atoms with van der Waals surface area (Å²) >= 11 is 1.54. The molecule has 0 aromatic carbocycles. The van der Waals surface area contributed by atoms with Gasteiger partial charge in [-0.05, 0) is 6.42 Å². The highest BCUT2D eigenvalue weighted by atomic mass is 32.2. The van der Waals surface area contributed by atoms with E-state index in [1.54, 1.807) is 0 Å². The molecule has 0 aromatic heterocycles. The average molecular weight is 273 g/mol. The summed E-state index contributed by atoms with van der Waals surface area (Å²) in [7, 11) is 0. The summed E-state index contributed by atoms with van der Waals surface area (Å²) in [5.41, 5.74) is 0. The van der Waals surface area contributed by atoms with Crippen LogP contribution >= 0.6 is 11.8 Å². The van der Waals surface area contributed by atoms with Gasteiger partial charge in [0.2, 0.25) is 0 Å². The molecular weight excluding hydrogens is 250 g/mol. The van der Waals surface area contributed by atoms with Crippen molar-refractivity contribution in [2.45, 2.75) is 39.4 Å². The van der Waals surface area contributed by atoms with E-state index in [2.05, 4.69) is 5.32 Å². The number of nitrogens with one attached hydrogen (secondary N) is 1. The molecule has 2 fully saturated rings. The Morgan fingerprint density at radius 1 is 1.17 bits per heavy atom. The normalized spacial score (nSPS) is 29.0. The summed E-state index contributed by atoms with van der Waals surface area (Å²) in [5.74, 6) is 0.452. The fourth-order valence-electron chi connectivity index (χ4n) is 2.15. The van der Waals surface area contributed by atoms with Crippen molar-refractivity contribution >= 4 is 29.1 Å². The van der Waals surface area contributed by atoms with Crippen LogP contribution in [-0.2, 0) is 14.4 Å². The third kappa shape index (κ3) is 3.92. The summed E-state index contributed by atoms with van der Waals surface area (Å²) in [6, 6.07) is 0. The van der Waals surface area contributed by atoms with Crippen LogP contribution in [0.4, 0.5) is 0 Å². The molecule has 5 heteroatoms. The van der Waals surface area contributed by atoms with E-state index in [0.29, 0.717) is 25.8 Å². The first-order valence-electron chi connectivity index (χ1n) is 5.59. The number of ketones is 3. The number of carbonyl (C=O) groups excluding carboxylic acids is 3. The molecule has 104 valence electrons. The summed E-state index contributed by atoms with van der Waals surface area (Å²) < 4.78 is 0. The Labute approximate surface area is 113 Å². The molecule has 1 aliphatic heterocycles. The number of fused-ring (bicyclic) bond motifs is 2. The molecule has 1 heterocycles. The Balaban J connectivity index is 0.00000144. The average Bonchev–Trinajstić information content (AvgIpc) is 2.49. The summed E-state index contributed by atoms with van der Waals surface area (Å²) in [6.07, 6.45) is 1.12. The zero-order valence-corrected chi connectivity index (χ0v) is 9.85. The smallest absolute Gasteiger partial charge is 0.156 e. The van der Waals surface area contributed by atoms with Crippen LogP contribution in [0.5, 0.6) is 0 Å². The molecule has 2 unspecified atom stereocenters. The van der Waals surface area contributed by atoms with Gasteiger partial charge in [-0.3, -0.25) is 14.4 Å². The van der Waals surface area contributed by atoms with Crippen LogP contribution in [0.3, 0.4) is 0 Å². The molecule has 1 N–H and O–H groups in total. The van der Waals surface area contributed by atoms with Crippen LogP contribution in [-0.4, -0.2) is 41.4 Å². The van der Waals surface area contributed by atoms with Crippen LogP contribution in [0.25, 0.3) is 0 Å². The first-order valence-corrected chi connectivity index (χ1v) is 6.64. The topological polar surface area (TPSA) is 63.2 Å². The lowest BCUT2D eigenvalue weighted by Gasteiger charge is -2.07. The highest BCUT2D eigenvalue weighted by Crippen LogP contribution is 2.31. The van der Waals surface area contributed by atoms with Crippen LogP contribution < -0.4 is 5.32 Å². The monoisotopic (exact) mass is 273 g/mol. The first kappa shape index (κ1) is 17.3. The maximum atomic E-state index is 11.9. The second kappa shape index (κ2) is 7.69. The van der Waals surface area contributed by atoms with Crippen molar-refractivity contribution in [1.82, 2.24) is 5.32 Å². The summed E-state index contributed by atoms with van der Waals surface area (Å²) in [4.78, 5) is 34.9. The molecule has 0 aromatic rings. The van der Waals surface area contributed by atoms with Gasteiger partial charge in [0.1, 0.15) is 11.6 Å². The van der Waals surface area contributed by atoms with Gasteiger partial charge >= 0.3 is 0 Å². The molecule has 2 atom stereocenters. The number of thioether (sulfide) groups is 1. The minimum atomic E-state index is -0.500. The molecule has 4 nitrogen and oxygen atoms in total. The molecule has 0 amide bonds. The Morgan fingerprint density at radius 2 is 1.89 bits per heavy atom. The van der Waals surface area contributed by atoms with Crippen molar-refractivity contribution in [1.29, 1.82) is 0 Å². The van der Waals surface area contributed by atoms with E-state index >= 15 is 0 Å². The van der Waals surface area contributed by atoms with Gasteiger partial charge in [-0.2, -0.15) is 0 Å². The SMILES string of the molecule is C.C.O=C1CCC2C(=O)CC(SCCNC1)C2=O. The van der Waals surface area contributed by atoms with Gasteiger partial charge in [0.15, 0.2) is 5.78 Å². The van der Waals surface area contributed by atoms with Gasteiger partial charge in [-0.25, -0.2) is 0 Å². The van der Waals surface area contributed by atoms with E-state index in [4.69, 9.17) is 0 Å². The zero-order valence-electron chi connectivity index (χ0n) is 9.03. The van der Waals surface area contributed by atoms with E-state index in [9.17, 15) is 14.4 Å². The fraction of sp³-hybridized carbons (Fsp3) is 0.769. The third-order valence-corrected chi connectivity index (χ3v) is 4.31. The maximum Gasteiger partial charge on any atom is 0.156 e. The van der Waals surface area contributed by atoms with Gasteiger partial charge in [0.05, 0.1) is 17.7 Å². The second-order valence-corrected chi connectivity index (χ2v) is 5.55. The fourth-order valence-corrected chi connectivity index (χ4v) is 3.31. The lowest BCUT2D eigenvalue weighted by atomic mass is 9.98. The molecule has 0 radical (unpaired) electrons. The Kier molecular flexibility index (Phi) is 7.40. The lowest BCUT2D eigenvalue weighted by Crippen LogP contribution is -2.25. The highest BCUT2D eigenvalue weighted by Gasteiger charge is 2.41. The lowest BCUT2D eigenvalue weighted by molar-refractivity contribution is -0.127. The van der Waals surface area contributed by atoms with E-state index in [0.717, 1.165) is 12.3 Å². The van der Waals surface area contributed by atoms with Crippen LogP contribution in [0, 0.1) is 5.92 Å². The third-order valence-electron chi connectivity index (χ3n) is 3.07. The molecular formula is C13H23NO3S. The molecule has 0 spiro atoms. The quantitative estimate of drug-likeness (QED) is 0.677. The molecule has 1 saturated carbocycles. The maximum absolute atomic E-state index is 11.9. The highest BCUT2D eigenvalue weighted by molar-refractivity contribution is 8.00. The van der Waals surface area contributed by atoms with Gasteiger partial charge in [0, 0.05) is 25.1 Å². The number of carbonyl (C=O) groups is 3. The van der Waals surface area contributed by atoms with Gasteiger partial charge in [0.25, 0.3) is 0 Å². The van der Waals surface area contributed by atoms with Crippen LogP contribution in [0.2, 0.25) is 0 Å². The largest absolute Gasteiger partial charge is 0.309 e. The van der Waals surface area contributed by atoms with Crippen LogP contribution in [0.15, 0.2) is 0 Å². The molecule has 2 rings (SSSR count). The molecule has 1 saturated heterocycles. The van der Waals surface area contributed by atoms with Crippen LogP contribution in [0.1, 0.15) is 34.1 Å². The Hall–Kier alpha value is -0.680. The predicted octanol–water partition coefficient (Wildman–Crippen LogP) is 1.47. The number of hydrogen-bond acceptors (Lipinski definition) is 5. The van der Waals surface area contributed by atoms with Crippen molar-refractivity contribution < 1.29 is 14.4 Å². The number of hydrogen-bond donors (Lipinski definition) is 1. The van der Waals surface area contributed by atoms with E-state index in [1.165, 1.54) is 11.8 Å². The van der Waals surface area contributed by atoms with Crippen molar-refractivity contribution in [3.05, 3.63) is 0 Å². The molecule has 2 bridgehead atoms. The standard InChI is InChI=1S/C11H15NO3S.2CH4/c13-7-1-2-8-9(14)5-10(11(8)15)16-4-3-12-6-7;;/h8,10,12H,1-6H2;2*1H4. The summed E-state index contributed by atoms with van der Waals surface area (Å²) in [5, 5.41) is 2.89. The molecule has 18 heavy (non-hydrogen) atoms. The van der Waals surface area contributed by atoms with Crippen molar-refractivity contribution in [3.63, 3.8) is 0 Å². The molecule has 1 aliphatic carbocycles. The number of Topliss-reactive ketones (excluding diaryl/α,β-unsaturated/α-hetero) is 3. The van der Waals surface area contributed by atoms with E-state index < -0.39 is 5.92 Å². The Morgan fingerprint density at radius 3 is 2.61 bits per heavy atom. The van der Waals surface area contributed by atoms with Gasteiger partial charge in [-0.1, -0.05) is 14.9 Å². The van der Waals surface area contributed by atoms with Crippen molar-refractivity contribution in [2.75, 3.05) is 18.8 Å². The second-order valence-electron chi connectivity index (χ2n) is 4.24. The first-order chi connectivity index (χ1) is 7.68. The molecule has 2 aliphatic rings. The summed E-state index contributed by atoms with van der Waals surface area (Å²) in [6.45, 7) is 1.08. The predicted molar refractivity (Wildman–Crippen MR) is 74.9 cm³/mol. The minimum absolute atomic E-state index is 0. The minimum Gasteiger partial charge on any atom is -0.309 e. The van der Waals surface area contributed by atoms with Crippen molar-refractivity contribution in [3.8, 4) is 0 Å². The number of rotatable bonds is 0. The van der Waals surface area contributed by atoms with E-state index in [-0.39, 0.29) is 37.5 Å². The zero-order chi connectivity index (χ0) is 11.5. The van der Waals surface area contributed by atoms with Gasteiger partial charge < -0.3 is 5.32 Å².